The Hall–Kier alpha value is -3.16. The van der Waals surface area contributed by atoms with Crippen molar-refractivity contribution in [1.29, 1.82) is 0 Å². The molecule has 2 N–H and O–H groups in total. The van der Waals surface area contributed by atoms with E-state index in [9.17, 15) is 18.4 Å². The van der Waals surface area contributed by atoms with Crippen LogP contribution in [0.3, 0.4) is 0 Å². The van der Waals surface area contributed by atoms with Crippen molar-refractivity contribution < 1.29 is 18.4 Å². The van der Waals surface area contributed by atoms with Crippen LogP contribution < -0.4 is 10.6 Å². The summed E-state index contributed by atoms with van der Waals surface area (Å²) in [6.07, 6.45) is 0. The lowest BCUT2D eigenvalue weighted by Gasteiger charge is -2.03. The van der Waals surface area contributed by atoms with Crippen molar-refractivity contribution >= 4 is 23.2 Å². The quantitative estimate of drug-likeness (QED) is 0.843. The van der Waals surface area contributed by atoms with E-state index in [4.69, 9.17) is 0 Å². The van der Waals surface area contributed by atoms with E-state index in [2.05, 4.69) is 20.9 Å². The first-order valence-electron chi connectivity index (χ1n) is 6.91. The first kappa shape index (κ1) is 17.2. The Morgan fingerprint density at radius 3 is 1.46 bits per heavy atom. The summed E-state index contributed by atoms with van der Waals surface area (Å²) in [4.78, 5) is 22.8. The predicted molar refractivity (Wildman–Crippen MR) is 83.8 cm³/mol. The number of carbonyl (C=O) groups is 2. The van der Waals surface area contributed by atoms with E-state index >= 15 is 0 Å². The first-order valence-corrected chi connectivity index (χ1v) is 6.91. The van der Waals surface area contributed by atoms with E-state index in [1.54, 1.807) is 0 Å². The lowest BCUT2D eigenvalue weighted by Crippen LogP contribution is -2.19. The Kier molecular flexibility index (Phi) is 5.31. The van der Waals surface area contributed by atoms with Crippen LogP contribution in [0.2, 0.25) is 0 Å². The van der Waals surface area contributed by atoms with Crippen molar-refractivity contribution in [2.75, 3.05) is 14.1 Å². The number of carbonyl (C=O) groups excluding carboxylic acids is 2. The van der Waals surface area contributed by atoms with E-state index in [0.29, 0.717) is 0 Å². The average molecular weight is 332 g/mol. The summed E-state index contributed by atoms with van der Waals surface area (Å²) in [6, 6.07) is 7.46. The summed E-state index contributed by atoms with van der Waals surface area (Å²) in [5, 5.41) is 12.2. The zero-order chi connectivity index (χ0) is 17.7. The van der Waals surface area contributed by atoms with Gasteiger partial charge in [-0.15, -0.1) is 0 Å². The average Bonchev–Trinajstić information content (AvgIpc) is 2.58. The van der Waals surface area contributed by atoms with Gasteiger partial charge in [0.2, 0.25) is 0 Å². The molecule has 0 unspecified atom stereocenters. The number of rotatable bonds is 4. The first-order chi connectivity index (χ1) is 11.5. The van der Waals surface area contributed by atoms with Gasteiger partial charge >= 0.3 is 0 Å². The molecule has 0 heterocycles. The van der Waals surface area contributed by atoms with Gasteiger partial charge in [0.15, 0.2) is 0 Å². The molecule has 0 bridgehead atoms. The number of benzene rings is 2. The fourth-order valence-electron chi connectivity index (χ4n) is 1.89. The molecule has 0 aliphatic rings. The van der Waals surface area contributed by atoms with Crippen LogP contribution in [0.25, 0.3) is 0 Å². The highest BCUT2D eigenvalue weighted by molar-refractivity contribution is 5.95. The Labute approximate surface area is 136 Å². The van der Waals surface area contributed by atoms with Gasteiger partial charge in [-0.1, -0.05) is 0 Å². The van der Waals surface area contributed by atoms with Crippen molar-refractivity contribution in [1.82, 2.24) is 10.6 Å². The van der Waals surface area contributed by atoms with Gasteiger partial charge in [0, 0.05) is 26.2 Å². The fraction of sp³-hybridized carbons (Fsp3) is 0.125. The molecule has 0 aliphatic carbocycles. The third kappa shape index (κ3) is 3.78. The van der Waals surface area contributed by atoms with Gasteiger partial charge in [-0.3, -0.25) is 9.59 Å². The smallest absolute Gasteiger partial charge is 0.253 e. The molecular formula is C16H14F2N4O2. The summed E-state index contributed by atoms with van der Waals surface area (Å²) >= 11 is 0. The molecule has 6 nitrogen and oxygen atoms in total. The minimum absolute atomic E-state index is 0.113. The highest BCUT2D eigenvalue weighted by Gasteiger charge is 2.11. The SMILES string of the molecule is CNC(=O)c1ccc(N=Nc2ccc(C(=O)NC)c(F)c2)cc1F. The maximum atomic E-state index is 13.8. The Morgan fingerprint density at radius 1 is 0.792 bits per heavy atom. The van der Waals surface area contributed by atoms with E-state index in [-0.39, 0.29) is 22.5 Å². The standard InChI is InChI=1S/C16H14F2N4O2/c1-19-15(23)11-5-3-9(7-13(11)17)21-22-10-4-6-12(14(18)8-10)16(24)20-2/h3-8H,1-2H3,(H,19,23)(H,20,24). The molecule has 8 heteroatoms. The minimum Gasteiger partial charge on any atom is -0.355 e. The highest BCUT2D eigenvalue weighted by atomic mass is 19.1. The maximum Gasteiger partial charge on any atom is 0.253 e. The van der Waals surface area contributed by atoms with Crippen molar-refractivity contribution in [3.63, 3.8) is 0 Å². The van der Waals surface area contributed by atoms with Crippen molar-refractivity contribution in [2.24, 2.45) is 10.2 Å². The van der Waals surface area contributed by atoms with Gasteiger partial charge in [0.25, 0.3) is 11.8 Å². The third-order valence-corrected chi connectivity index (χ3v) is 3.13. The molecule has 0 radical (unpaired) electrons. The number of nitrogens with one attached hydrogen (secondary N) is 2. The summed E-state index contributed by atoms with van der Waals surface area (Å²) in [7, 11) is 2.79. The highest BCUT2D eigenvalue weighted by Crippen LogP contribution is 2.22. The number of azo groups is 1. The van der Waals surface area contributed by atoms with Gasteiger partial charge in [0.1, 0.15) is 11.6 Å². The van der Waals surface area contributed by atoms with Crippen LogP contribution in [0, 0.1) is 11.6 Å². The van der Waals surface area contributed by atoms with Crippen LogP contribution in [0.4, 0.5) is 20.2 Å². The normalized spacial score (nSPS) is 10.7. The zero-order valence-electron chi connectivity index (χ0n) is 12.9. The molecule has 2 aromatic rings. The van der Waals surface area contributed by atoms with Crippen molar-refractivity contribution in [3.8, 4) is 0 Å². The second kappa shape index (κ2) is 7.40. The molecule has 0 saturated heterocycles. The Bertz CT molecular complexity index is 754. The van der Waals surface area contributed by atoms with Gasteiger partial charge in [-0.05, 0) is 24.3 Å². The van der Waals surface area contributed by atoms with Gasteiger partial charge in [0.05, 0.1) is 22.5 Å². The second-order valence-electron chi connectivity index (χ2n) is 4.69. The lowest BCUT2D eigenvalue weighted by molar-refractivity contribution is 0.0950. The molecule has 124 valence electrons. The summed E-state index contributed by atoms with van der Waals surface area (Å²) in [6.45, 7) is 0. The van der Waals surface area contributed by atoms with Crippen LogP contribution in [-0.2, 0) is 0 Å². The summed E-state index contributed by atoms with van der Waals surface area (Å²) in [5.74, 6) is -2.59. The number of hydrogen-bond donors (Lipinski definition) is 2. The topological polar surface area (TPSA) is 82.9 Å². The third-order valence-electron chi connectivity index (χ3n) is 3.13. The van der Waals surface area contributed by atoms with Crippen LogP contribution in [0.15, 0.2) is 46.6 Å². The van der Waals surface area contributed by atoms with Crippen LogP contribution in [-0.4, -0.2) is 25.9 Å². The molecular weight excluding hydrogens is 318 g/mol. The lowest BCUT2D eigenvalue weighted by atomic mass is 10.2. The summed E-state index contributed by atoms with van der Waals surface area (Å²) in [5.41, 5.74) is 0.0988. The van der Waals surface area contributed by atoms with E-state index in [0.717, 1.165) is 12.1 Å². The molecule has 0 aliphatic heterocycles. The van der Waals surface area contributed by atoms with Gasteiger partial charge < -0.3 is 10.6 Å². The molecule has 0 saturated carbocycles. The summed E-state index contributed by atoms with van der Waals surface area (Å²) < 4.78 is 27.6. The molecule has 2 aromatic carbocycles. The molecule has 0 spiro atoms. The van der Waals surface area contributed by atoms with E-state index < -0.39 is 23.4 Å². The van der Waals surface area contributed by atoms with Crippen molar-refractivity contribution in [3.05, 3.63) is 59.2 Å². The van der Waals surface area contributed by atoms with Gasteiger partial charge in [-0.2, -0.15) is 10.2 Å². The molecule has 24 heavy (non-hydrogen) atoms. The monoisotopic (exact) mass is 332 g/mol. The Morgan fingerprint density at radius 2 is 1.17 bits per heavy atom. The number of amides is 2. The van der Waals surface area contributed by atoms with E-state index in [1.165, 1.54) is 38.4 Å². The molecule has 2 amide bonds. The van der Waals surface area contributed by atoms with Gasteiger partial charge in [-0.25, -0.2) is 8.78 Å². The molecule has 0 atom stereocenters. The number of hydrogen-bond acceptors (Lipinski definition) is 4. The second-order valence-corrected chi connectivity index (χ2v) is 4.69. The van der Waals surface area contributed by atoms with Crippen LogP contribution in [0.5, 0.6) is 0 Å². The van der Waals surface area contributed by atoms with Crippen LogP contribution >= 0.6 is 0 Å². The molecule has 0 aromatic heterocycles. The number of nitrogens with zero attached hydrogens (tertiary/aromatic N) is 2. The molecule has 0 fully saturated rings. The molecule has 2 rings (SSSR count). The van der Waals surface area contributed by atoms with E-state index in [1.807, 2.05) is 0 Å². The fourth-order valence-corrected chi connectivity index (χ4v) is 1.89. The van der Waals surface area contributed by atoms with Crippen molar-refractivity contribution in [2.45, 2.75) is 0 Å². The minimum atomic E-state index is -0.744. The predicted octanol–water partition coefficient (Wildman–Crippen LogP) is 3.10. The number of halogens is 2. The van der Waals surface area contributed by atoms with Crippen LogP contribution in [0.1, 0.15) is 20.7 Å². The largest absolute Gasteiger partial charge is 0.355 e. The Balaban J connectivity index is 2.22. The maximum absolute atomic E-state index is 13.8. The zero-order valence-corrected chi connectivity index (χ0v) is 12.9.